The monoisotopic (exact) mass is 344 g/mol. The van der Waals surface area contributed by atoms with Gasteiger partial charge in [0.25, 0.3) is 0 Å². The molecule has 2 aliphatic heterocycles. The van der Waals surface area contributed by atoms with Crippen molar-refractivity contribution in [1.29, 1.82) is 0 Å². The van der Waals surface area contributed by atoms with E-state index in [4.69, 9.17) is 4.42 Å². The standard InChI is InChI=1S/C20H25FN2O2/c1-3-20(12-24)10-14-8-9-18(20)23(14)11-17-13(2)25-19(22-17)15-6-4-5-7-16(15)21/h4-7,14,18,24H,3,8-12H2,1-2H3/t14-,18+,20-/m1/s1. The van der Waals surface area contributed by atoms with E-state index in [0.717, 1.165) is 30.7 Å². The van der Waals surface area contributed by atoms with Gasteiger partial charge in [-0.1, -0.05) is 19.1 Å². The Morgan fingerprint density at radius 2 is 2.16 bits per heavy atom. The number of aromatic nitrogens is 1. The van der Waals surface area contributed by atoms with Crippen LogP contribution in [0.1, 0.15) is 44.1 Å². The second-order valence-corrected chi connectivity index (χ2v) is 7.50. The number of rotatable bonds is 5. The zero-order valence-corrected chi connectivity index (χ0v) is 14.8. The highest BCUT2D eigenvalue weighted by Gasteiger charge is 2.54. The molecule has 0 radical (unpaired) electrons. The van der Waals surface area contributed by atoms with Crippen LogP contribution in [0.25, 0.3) is 11.5 Å². The third-order valence-corrected chi connectivity index (χ3v) is 6.34. The van der Waals surface area contributed by atoms with Gasteiger partial charge >= 0.3 is 0 Å². The molecule has 0 saturated carbocycles. The molecular weight excluding hydrogens is 319 g/mol. The molecule has 1 N–H and O–H groups in total. The van der Waals surface area contributed by atoms with Gasteiger partial charge in [0.2, 0.25) is 5.89 Å². The van der Waals surface area contributed by atoms with Crippen molar-refractivity contribution in [2.45, 2.75) is 58.2 Å². The number of hydrogen-bond donors (Lipinski definition) is 1. The van der Waals surface area contributed by atoms with Crippen LogP contribution in [0.2, 0.25) is 0 Å². The summed E-state index contributed by atoms with van der Waals surface area (Å²) in [6.07, 6.45) is 4.38. The highest BCUT2D eigenvalue weighted by atomic mass is 19.1. The lowest BCUT2D eigenvalue weighted by atomic mass is 9.72. The molecule has 0 spiro atoms. The summed E-state index contributed by atoms with van der Waals surface area (Å²) >= 11 is 0. The number of benzene rings is 1. The molecule has 5 heteroatoms. The predicted octanol–water partition coefficient (Wildman–Crippen LogP) is 3.91. The fraction of sp³-hybridized carbons (Fsp3) is 0.550. The summed E-state index contributed by atoms with van der Waals surface area (Å²) in [5, 5.41) is 9.96. The smallest absolute Gasteiger partial charge is 0.229 e. The van der Waals surface area contributed by atoms with Crippen molar-refractivity contribution in [3.05, 3.63) is 41.5 Å². The zero-order chi connectivity index (χ0) is 17.6. The van der Waals surface area contributed by atoms with E-state index in [1.807, 2.05) is 6.92 Å². The van der Waals surface area contributed by atoms with Crippen LogP contribution in [0, 0.1) is 18.2 Å². The molecule has 25 heavy (non-hydrogen) atoms. The van der Waals surface area contributed by atoms with E-state index >= 15 is 0 Å². The van der Waals surface area contributed by atoms with Crippen molar-refractivity contribution in [2.75, 3.05) is 6.61 Å². The quantitative estimate of drug-likeness (QED) is 0.893. The Morgan fingerprint density at radius 1 is 1.36 bits per heavy atom. The molecule has 2 aliphatic rings. The van der Waals surface area contributed by atoms with Gasteiger partial charge in [0.05, 0.1) is 17.9 Å². The van der Waals surface area contributed by atoms with E-state index in [1.54, 1.807) is 18.2 Å². The Kier molecular flexibility index (Phi) is 4.16. The third-order valence-electron chi connectivity index (χ3n) is 6.34. The number of halogens is 1. The molecule has 134 valence electrons. The molecule has 3 atom stereocenters. The van der Waals surface area contributed by atoms with Crippen LogP contribution >= 0.6 is 0 Å². The van der Waals surface area contributed by atoms with Crippen molar-refractivity contribution in [3.63, 3.8) is 0 Å². The molecule has 1 aromatic heterocycles. The van der Waals surface area contributed by atoms with Gasteiger partial charge in [0.15, 0.2) is 0 Å². The molecule has 1 aromatic carbocycles. The summed E-state index contributed by atoms with van der Waals surface area (Å²) in [5.74, 6) is 0.776. The van der Waals surface area contributed by atoms with Crippen molar-refractivity contribution < 1.29 is 13.9 Å². The maximum atomic E-state index is 14.0. The SMILES string of the molecule is CC[C@]1(CO)C[C@H]2CC[C@@H]1N2Cc1nc(-c2ccccc2F)oc1C. The van der Waals surface area contributed by atoms with Crippen molar-refractivity contribution >= 4 is 0 Å². The molecule has 4 nitrogen and oxygen atoms in total. The van der Waals surface area contributed by atoms with Crippen molar-refractivity contribution in [2.24, 2.45) is 5.41 Å². The fourth-order valence-corrected chi connectivity index (χ4v) is 4.82. The van der Waals surface area contributed by atoms with Crippen LogP contribution < -0.4 is 0 Å². The number of aliphatic hydroxyl groups is 1. The Hall–Kier alpha value is -1.72. The van der Waals surface area contributed by atoms with E-state index in [1.165, 1.54) is 12.5 Å². The Morgan fingerprint density at radius 3 is 2.84 bits per heavy atom. The van der Waals surface area contributed by atoms with Crippen LogP contribution in [0.15, 0.2) is 28.7 Å². The molecule has 2 saturated heterocycles. The number of aliphatic hydroxyl groups excluding tert-OH is 1. The Balaban J connectivity index is 1.60. The molecule has 0 aliphatic carbocycles. The summed E-state index contributed by atoms with van der Waals surface area (Å²) in [4.78, 5) is 7.07. The van der Waals surface area contributed by atoms with Gasteiger partial charge in [-0.15, -0.1) is 0 Å². The van der Waals surface area contributed by atoms with Crippen LogP contribution in [0.3, 0.4) is 0 Å². The van der Waals surface area contributed by atoms with Gasteiger partial charge in [-0.2, -0.15) is 0 Å². The summed E-state index contributed by atoms with van der Waals surface area (Å²) in [6, 6.07) is 7.47. The highest BCUT2D eigenvalue weighted by molar-refractivity contribution is 5.54. The lowest BCUT2D eigenvalue weighted by Gasteiger charge is -2.35. The second-order valence-electron chi connectivity index (χ2n) is 7.50. The Bertz CT molecular complexity index is 769. The number of hydrogen-bond acceptors (Lipinski definition) is 4. The van der Waals surface area contributed by atoms with E-state index in [0.29, 0.717) is 30.1 Å². The molecule has 0 unspecified atom stereocenters. The maximum absolute atomic E-state index is 14.0. The van der Waals surface area contributed by atoms with Crippen LogP contribution in [0.4, 0.5) is 4.39 Å². The minimum absolute atomic E-state index is 0.0227. The molecule has 3 heterocycles. The normalized spacial score (nSPS) is 28.8. The minimum Gasteiger partial charge on any atom is -0.441 e. The highest BCUT2D eigenvalue weighted by Crippen LogP contribution is 2.52. The summed E-state index contributed by atoms with van der Waals surface area (Å²) in [5.41, 5.74) is 1.30. The predicted molar refractivity (Wildman–Crippen MR) is 93.4 cm³/mol. The number of aryl methyl sites for hydroxylation is 1. The zero-order valence-electron chi connectivity index (χ0n) is 14.8. The first-order valence-electron chi connectivity index (χ1n) is 9.16. The summed E-state index contributed by atoms with van der Waals surface area (Å²) < 4.78 is 19.8. The van der Waals surface area contributed by atoms with E-state index in [-0.39, 0.29) is 17.8 Å². The van der Waals surface area contributed by atoms with Crippen molar-refractivity contribution in [1.82, 2.24) is 9.88 Å². The lowest BCUT2D eigenvalue weighted by molar-refractivity contribution is 0.0710. The summed E-state index contributed by atoms with van der Waals surface area (Å²) in [6.45, 7) is 5.02. The van der Waals surface area contributed by atoms with Gasteiger partial charge in [0.1, 0.15) is 11.6 Å². The molecular formula is C20H25FN2O2. The van der Waals surface area contributed by atoms with Crippen LogP contribution in [-0.4, -0.2) is 33.7 Å². The Labute approximate surface area is 147 Å². The van der Waals surface area contributed by atoms with Crippen LogP contribution in [-0.2, 0) is 6.54 Å². The topological polar surface area (TPSA) is 49.5 Å². The average molecular weight is 344 g/mol. The van der Waals surface area contributed by atoms with E-state index in [9.17, 15) is 9.50 Å². The molecule has 2 fully saturated rings. The fourth-order valence-electron chi connectivity index (χ4n) is 4.82. The van der Waals surface area contributed by atoms with Gasteiger partial charge in [-0.3, -0.25) is 4.90 Å². The largest absolute Gasteiger partial charge is 0.441 e. The van der Waals surface area contributed by atoms with Gasteiger partial charge in [-0.05, 0) is 44.7 Å². The van der Waals surface area contributed by atoms with E-state index in [2.05, 4.69) is 16.8 Å². The van der Waals surface area contributed by atoms with Crippen molar-refractivity contribution in [3.8, 4) is 11.5 Å². The van der Waals surface area contributed by atoms with Gasteiger partial charge in [-0.25, -0.2) is 9.37 Å². The first-order chi connectivity index (χ1) is 12.1. The number of fused-ring (bicyclic) bond motifs is 2. The van der Waals surface area contributed by atoms with Gasteiger partial charge in [0, 0.05) is 24.0 Å². The second kappa shape index (κ2) is 6.22. The molecule has 2 bridgehead atoms. The minimum atomic E-state index is -0.318. The molecule has 2 aromatic rings. The number of nitrogens with zero attached hydrogens (tertiary/aromatic N) is 2. The first kappa shape index (κ1) is 16.7. The average Bonchev–Trinajstić information content (AvgIpc) is 3.28. The van der Waals surface area contributed by atoms with E-state index < -0.39 is 0 Å². The first-order valence-corrected chi connectivity index (χ1v) is 9.16. The maximum Gasteiger partial charge on any atom is 0.229 e. The van der Waals surface area contributed by atoms with Gasteiger partial charge < -0.3 is 9.52 Å². The lowest BCUT2D eigenvalue weighted by Crippen LogP contribution is -2.39. The van der Waals surface area contributed by atoms with Crippen LogP contribution in [0.5, 0.6) is 0 Å². The molecule has 4 rings (SSSR count). The summed E-state index contributed by atoms with van der Waals surface area (Å²) in [7, 11) is 0. The third kappa shape index (κ3) is 2.61. The molecule has 0 amide bonds. The number of oxazole rings is 1.